The van der Waals surface area contributed by atoms with E-state index in [2.05, 4.69) is 38.2 Å². The molecule has 0 aromatic heterocycles. The number of amides is 1. The van der Waals surface area contributed by atoms with Crippen LogP contribution < -0.4 is 20.1 Å². The predicted octanol–water partition coefficient (Wildman–Crippen LogP) is 4.21. The largest absolute Gasteiger partial charge is 0.492 e. The molecule has 1 saturated heterocycles. The molecule has 1 heterocycles. The summed E-state index contributed by atoms with van der Waals surface area (Å²) in [6, 6.07) is 11.2. The maximum absolute atomic E-state index is 12.5. The first kappa shape index (κ1) is 26.6. The number of anilines is 1. The lowest BCUT2D eigenvalue weighted by molar-refractivity contribution is 0.0977. The minimum atomic E-state index is -3.64. The van der Waals surface area contributed by atoms with Crippen molar-refractivity contribution in [2.24, 2.45) is 0 Å². The van der Waals surface area contributed by atoms with Crippen molar-refractivity contribution in [2.75, 3.05) is 25.1 Å². The number of hydrogen-bond acceptors (Lipinski definition) is 6. The van der Waals surface area contributed by atoms with Crippen molar-refractivity contribution in [2.45, 2.75) is 43.6 Å². The van der Waals surface area contributed by atoms with E-state index in [-0.39, 0.29) is 28.6 Å². The maximum atomic E-state index is 12.5. The fraction of sp³-hybridized carbons (Fsp3) is 0.391. The zero-order valence-corrected chi connectivity index (χ0v) is 22.0. The average molecular weight is 571 g/mol. The zero-order valence-electron chi connectivity index (χ0n) is 18.8. The van der Waals surface area contributed by atoms with Gasteiger partial charge in [-0.05, 0) is 89.9 Å². The number of thiocarbonyl (C=S) groups is 1. The molecule has 0 aliphatic carbocycles. The molecule has 3 rings (SSSR count). The zero-order chi connectivity index (χ0) is 24.6. The van der Waals surface area contributed by atoms with Gasteiger partial charge in [-0.2, -0.15) is 0 Å². The first-order valence-corrected chi connectivity index (χ1v) is 13.7. The molecule has 11 heteroatoms. The van der Waals surface area contributed by atoms with Gasteiger partial charge in [-0.25, -0.2) is 13.1 Å². The molecule has 1 unspecified atom stereocenters. The number of carbonyl (C=O) groups is 1. The monoisotopic (exact) mass is 569 g/mol. The molecule has 34 heavy (non-hydrogen) atoms. The number of carbonyl (C=O) groups excluding carboxylic acids is 1. The third-order valence-electron chi connectivity index (χ3n) is 5.12. The van der Waals surface area contributed by atoms with Crippen LogP contribution in [0.4, 0.5) is 5.69 Å². The van der Waals surface area contributed by atoms with Gasteiger partial charge in [-0.1, -0.05) is 13.3 Å². The molecule has 2 aromatic carbocycles. The number of rotatable bonds is 10. The molecular weight excluding hydrogens is 542 g/mol. The van der Waals surface area contributed by atoms with Crippen molar-refractivity contribution in [1.29, 1.82) is 0 Å². The molecule has 1 atom stereocenters. The van der Waals surface area contributed by atoms with E-state index >= 15 is 0 Å². The molecule has 3 N–H and O–H groups in total. The summed E-state index contributed by atoms with van der Waals surface area (Å²) in [6.07, 6.45) is 3.70. The molecule has 1 fully saturated rings. The van der Waals surface area contributed by atoms with Crippen molar-refractivity contribution in [3.05, 3.63) is 52.5 Å². The molecule has 1 aliphatic rings. The second-order valence-corrected chi connectivity index (χ2v) is 10.8. The van der Waals surface area contributed by atoms with Gasteiger partial charge in [0.25, 0.3) is 5.91 Å². The lowest BCUT2D eigenvalue weighted by atomic mass is 10.2. The predicted molar refractivity (Wildman–Crippen MR) is 139 cm³/mol. The van der Waals surface area contributed by atoms with Gasteiger partial charge < -0.3 is 14.8 Å². The Bertz CT molecular complexity index is 1100. The van der Waals surface area contributed by atoms with Crippen molar-refractivity contribution in [1.82, 2.24) is 10.0 Å². The molecule has 1 amide bonds. The van der Waals surface area contributed by atoms with Crippen molar-refractivity contribution < 1.29 is 22.7 Å². The maximum Gasteiger partial charge on any atom is 0.257 e. The Morgan fingerprint density at radius 3 is 2.65 bits per heavy atom. The molecule has 184 valence electrons. The summed E-state index contributed by atoms with van der Waals surface area (Å²) >= 11 is 8.65. The van der Waals surface area contributed by atoms with Crippen LogP contribution in [0.1, 0.15) is 43.0 Å². The van der Waals surface area contributed by atoms with Crippen LogP contribution in [0.25, 0.3) is 0 Å². The van der Waals surface area contributed by atoms with E-state index in [1.807, 2.05) is 0 Å². The summed E-state index contributed by atoms with van der Waals surface area (Å²) in [7, 11) is -3.64. The molecule has 0 radical (unpaired) electrons. The third kappa shape index (κ3) is 7.74. The Kier molecular flexibility index (Phi) is 9.84. The highest BCUT2D eigenvalue weighted by Gasteiger charge is 2.20. The smallest absolute Gasteiger partial charge is 0.257 e. The van der Waals surface area contributed by atoms with Crippen LogP contribution in [0.2, 0.25) is 0 Å². The van der Waals surface area contributed by atoms with E-state index in [0.717, 1.165) is 25.7 Å². The van der Waals surface area contributed by atoms with Crippen LogP contribution in [-0.4, -0.2) is 45.3 Å². The normalized spacial score (nSPS) is 15.6. The number of nitrogens with one attached hydrogen (secondary N) is 3. The molecule has 1 aliphatic heterocycles. The lowest BCUT2D eigenvalue weighted by Crippen LogP contribution is -2.34. The summed E-state index contributed by atoms with van der Waals surface area (Å²) in [5, 5.41) is 5.60. The standard InChI is InChI=1S/C23H28BrN3O5S2/c1-2-3-12-32-21-11-6-16(14-20(21)24)22(28)27-23(33)26-17-7-9-19(10-8-17)34(29,30)25-15-18-5-4-13-31-18/h6-11,14,18,25H,2-5,12-13,15H2,1H3,(H2,26,27,28,33). The number of sulfonamides is 1. The summed E-state index contributed by atoms with van der Waals surface area (Å²) in [5.41, 5.74) is 0.960. The number of unbranched alkanes of at least 4 members (excludes halogenated alkanes) is 1. The van der Waals surface area contributed by atoms with Gasteiger partial charge >= 0.3 is 0 Å². The molecule has 0 spiro atoms. The van der Waals surface area contributed by atoms with E-state index in [0.29, 0.717) is 34.7 Å². The Hall–Kier alpha value is -2.05. The fourth-order valence-corrected chi connectivity index (χ4v) is 5.00. The van der Waals surface area contributed by atoms with E-state index in [4.69, 9.17) is 21.7 Å². The first-order chi connectivity index (χ1) is 16.3. The minimum Gasteiger partial charge on any atom is -0.492 e. The molecule has 2 aromatic rings. The van der Waals surface area contributed by atoms with E-state index in [1.54, 1.807) is 30.3 Å². The van der Waals surface area contributed by atoms with Crippen molar-refractivity contribution >= 4 is 54.9 Å². The van der Waals surface area contributed by atoms with Crippen LogP contribution in [0.3, 0.4) is 0 Å². The molecular formula is C23H28BrN3O5S2. The van der Waals surface area contributed by atoms with Gasteiger partial charge in [0.2, 0.25) is 10.0 Å². The number of benzene rings is 2. The SMILES string of the molecule is CCCCOc1ccc(C(=O)NC(=S)Nc2ccc(S(=O)(=O)NCC3CCCO3)cc2)cc1Br. The summed E-state index contributed by atoms with van der Waals surface area (Å²) < 4.78 is 39.3. The average Bonchev–Trinajstić information content (AvgIpc) is 3.33. The van der Waals surface area contributed by atoms with E-state index in [9.17, 15) is 13.2 Å². The van der Waals surface area contributed by atoms with Crippen molar-refractivity contribution in [3.63, 3.8) is 0 Å². The Morgan fingerprint density at radius 2 is 2.00 bits per heavy atom. The minimum absolute atomic E-state index is 0.0814. The quantitative estimate of drug-likeness (QED) is 0.290. The van der Waals surface area contributed by atoms with Gasteiger partial charge in [0, 0.05) is 24.4 Å². The number of hydrogen-bond donors (Lipinski definition) is 3. The van der Waals surface area contributed by atoms with Gasteiger partial charge in [0.15, 0.2) is 5.11 Å². The van der Waals surface area contributed by atoms with E-state index < -0.39 is 10.0 Å². The molecule has 8 nitrogen and oxygen atoms in total. The highest BCUT2D eigenvalue weighted by atomic mass is 79.9. The van der Waals surface area contributed by atoms with E-state index in [1.165, 1.54) is 12.1 Å². The van der Waals surface area contributed by atoms with Crippen LogP contribution in [0.5, 0.6) is 5.75 Å². The lowest BCUT2D eigenvalue weighted by Gasteiger charge is -2.13. The summed E-state index contributed by atoms with van der Waals surface area (Å²) in [5.74, 6) is 0.293. The third-order valence-corrected chi connectivity index (χ3v) is 7.39. The van der Waals surface area contributed by atoms with Gasteiger partial charge in [-0.3, -0.25) is 10.1 Å². The number of halogens is 1. The summed E-state index contributed by atoms with van der Waals surface area (Å²) in [4.78, 5) is 12.7. The van der Waals surface area contributed by atoms with Crippen LogP contribution in [0, 0.1) is 0 Å². The second kappa shape index (κ2) is 12.6. The Balaban J connectivity index is 1.52. The Morgan fingerprint density at radius 1 is 1.24 bits per heavy atom. The van der Waals surface area contributed by atoms with Gasteiger partial charge in [0.05, 0.1) is 22.1 Å². The van der Waals surface area contributed by atoms with Crippen molar-refractivity contribution in [3.8, 4) is 5.75 Å². The molecule has 0 bridgehead atoms. The first-order valence-electron chi connectivity index (χ1n) is 11.0. The molecule has 0 saturated carbocycles. The topological polar surface area (TPSA) is 106 Å². The Labute approximate surface area is 214 Å². The fourth-order valence-electron chi connectivity index (χ4n) is 3.23. The number of ether oxygens (including phenoxy) is 2. The highest BCUT2D eigenvalue weighted by molar-refractivity contribution is 9.10. The van der Waals surface area contributed by atoms with Gasteiger partial charge in [-0.15, -0.1) is 0 Å². The van der Waals surface area contributed by atoms with Crippen LogP contribution >= 0.6 is 28.1 Å². The highest BCUT2D eigenvalue weighted by Crippen LogP contribution is 2.26. The van der Waals surface area contributed by atoms with Crippen LogP contribution in [0.15, 0.2) is 51.8 Å². The summed E-state index contributed by atoms with van der Waals surface area (Å²) in [6.45, 7) is 3.61. The second-order valence-electron chi connectivity index (χ2n) is 7.77. The van der Waals surface area contributed by atoms with Gasteiger partial charge in [0.1, 0.15) is 5.75 Å². The van der Waals surface area contributed by atoms with Crippen LogP contribution in [-0.2, 0) is 14.8 Å².